The van der Waals surface area contributed by atoms with Gasteiger partial charge in [-0.15, -0.1) is 0 Å². The van der Waals surface area contributed by atoms with E-state index in [4.69, 9.17) is 9.47 Å². The lowest BCUT2D eigenvalue weighted by atomic mass is 9.90. The van der Waals surface area contributed by atoms with Crippen LogP contribution in [0.2, 0.25) is 0 Å². The number of halogens is 1. The van der Waals surface area contributed by atoms with Crippen LogP contribution in [0.4, 0.5) is 4.39 Å². The molecule has 0 bridgehead atoms. The van der Waals surface area contributed by atoms with Gasteiger partial charge in [-0.2, -0.15) is 0 Å². The average Bonchev–Trinajstić information content (AvgIpc) is 3.67. The van der Waals surface area contributed by atoms with Crippen molar-refractivity contribution in [1.82, 2.24) is 0 Å². The third-order valence-electron chi connectivity index (χ3n) is 6.73. The van der Waals surface area contributed by atoms with Crippen LogP contribution in [-0.2, 0) is 17.8 Å². The molecule has 0 heterocycles. The largest absolute Gasteiger partial charge is 0.497 e. The smallest absolute Gasteiger partial charge is 0.303 e. The monoisotopic (exact) mass is 490 g/mol. The van der Waals surface area contributed by atoms with Gasteiger partial charge in [0.1, 0.15) is 23.9 Å². The van der Waals surface area contributed by atoms with Crippen LogP contribution in [0.1, 0.15) is 62.1 Å². The van der Waals surface area contributed by atoms with E-state index in [0.717, 1.165) is 40.8 Å². The molecule has 1 aliphatic carbocycles. The molecule has 1 saturated carbocycles. The van der Waals surface area contributed by atoms with E-state index in [1.165, 1.54) is 18.9 Å². The van der Waals surface area contributed by atoms with Crippen LogP contribution in [0.3, 0.4) is 0 Å². The summed E-state index contributed by atoms with van der Waals surface area (Å²) in [6, 6.07) is 18.7. The molecule has 1 atom stereocenters. The topological polar surface area (TPSA) is 55.8 Å². The number of ether oxygens (including phenoxy) is 2. The Hall–Kier alpha value is -3.34. The Kier molecular flexibility index (Phi) is 8.29. The van der Waals surface area contributed by atoms with Gasteiger partial charge in [-0.05, 0) is 83.2 Å². The third kappa shape index (κ3) is 6.87. The lowest BCUT2D eigenvalue weighted by molar-refractivity contribution is -0.137. The highest BCUT2D eigenvalue weighted by atomic mass is 19.1. The second kappa shape index (κ2) is 11.6. The van der Waals surface area contributed by atoms with Crippen LogP contribution in [0.5, 0.6) is 11.5 Å². The molecule has 0 amide bonds. The number of carboxylic acids is 1. The first-order valence-corrected chi connectivity index (χ1v) is 12.7. The van der Waals surface area contributed by atoms with Gasteiger partial charge in [0.2, 0.25) is 0 Å². The first-order chi connectivity index (χ1) is 17.3. The lowest BCUT2D eigenvalue weighted by Crippen LogP contribution is -2.08. The molecule has 0 spiro atoms. The highest BCUT2D eigenvalue weighted by molar-refractivity contribution is 5.70. The Bertz CT molecular complexity index is 1200. The summed E-state index contributed by atoms with van der Waals surface area (Å²) in [5, 5.41) is 9.38. The fourth-order valence-corrected chi connectivity index (χ4v) is 4.77. The molecule has 1 aliphatic rings. The number of methoxy groups -OCH3 is 1. The number of carbonyl (C=O) groups is 1. The summed E-state index contributed by atoms with van der Waals surface area (Å²) in [4.78, 5) is 11.4. The zero-order valence-electron chi connectivity index (χ0n) is 21.3. The minimum Gasteiger partial charge on any atom is -0.497 e. The molecule has 5 heteroatoms. The highest BCUT2D eigenvalue weighted by Crippen LogP contribution is 2.40. The van der Waals surface area contributed by atoms with Gasteiger partial charge >= 0.3 is 5.97 Å². The molecule has 3 aromatic carbocycles. The minimum atomic E-state index is -0.766. The summed E-state index contributed by atoms with van der Waals surface area (Å²) in [5.74, 6) is 1.37. The molecule has 0 aliphatic heterocycles. The molecule has 1 N–H and O–H groups in total. The molecule has 4 nitrogen and oxygen atoms in total. The van der Waals surface area contributed by atoms with Gasteiger partial charge in [0.05, 0.1) is 13.5 Å². The van der Waals surface area contributed by atoms with E-state index in [1.807, 2.05) is 36.4 Å². The average molecular weight is 491 g/mol. The molecule has 4 rings (SSSR count). The van der Waals surface area contributed by atoms with E-state index < -0.39 is 5.97 Å². The van der Waals surface area contributed by atoms with E-state index in [0.29, 0.717) is 29.8 Å². The van der Waals surface area contributed by atoms with Crippen molar-refractivity contribution < 1.29 is 23.8 Å². The van der Waals surface area contributed by atoms with Gasteiger partial charge in [0.15, 0.2) is 0 Å². The number of rotatable bonds is 12. The maximum atomic E-state index is 14.7. The summed E-state index contributed by atoms with van der Waals surface area (Å²) in [6.07, 6.45) is 4.26. The van der Waals surface area contributed by atoms with Crippen LogP contribution in [0.15, 0.2) is 60.7 Å². The fourth-order valence-electron chi connectivity index (χ4n) is 4.77. The van der Waals surface area contributed by atoms with Crippen molar-refractivity contribution >= 4 is 5.97 Å². The maximum Gasteiger partial charge on any atom is 0.303 e. The number of benzene rings is 3. The Labute approximate surface area is 213 Å². The number of hydrogen-bond donors (Lipinski definition) is 1. The molecular weight excluding hydrogens is 455 g/mol. The molecule has 190 valence electrons. The van der Waals surface area contributed by atoms with Crippen molar-refractivity contribution in [2.24, 2.45) is 11.8 Å². The zero-order chi connectivity index (χ0) is 25.7. The van der Waals surface area contributed by atoms with Crippen LogP contribution in [-0.4, -0.2) is 18.2 Å². The van der Waals surface area contributed by atoms with Crippen molar-refractivity contribution in [3.63, 3.8) is 0 Å². The third-order valence-corrected chi connectivity index (χ3v) is 6.73. The normalized spacial score (nSPS) is 14.0. The highest BCUT2D eigenvalue weighted by Gasteiger charge is 2.27. The molecule has 0 aromatic heterocycles. The molecular formula is C31H35FO4. The van der Waals surface area contributed by atoms with Crippen LogP contribution in [0.25, 0.3) is 11.1 Å². The second-order valence-corrected chi connectivity index (χ2v) is 10.3. The van der Waals surface area contributed by atoms with Gasteiger partial charge in [0, 0.05) is 5.56 Å². The summed E-state index contributed by atoms with van der Waals surface area (Å²) < 4.78 is 26.2. The van der Waals surface area contributed by atoms with Gasteiger partial charge < -0.3 is 14.6 Å². The first kappa shape index (κ1) is 25.7. The molecule has 0 radical (unpaired) electrons. The number of carboxylic acid groups (broad SMARTS) is 1. The van der Waals surface area contributed by atoms with Crippen molar-refractivity contribution in [1.29, 1.82) is 0 Å². The number of hydrogen-bond acceptors (Lipinski definition) is 3. The van der Waals surface area contributed by atoms with Gasteiger partial charge in [0.25, 0.3) is 0 Å². The lowest BCUT2D eigenvalue weighted by Gasteiger charge is -2.17. The molecule has 0 saturated heterocycles. The molecule has 3 aromatic rings. The van der Waals surface area contributed by atoms with E-state index in [-0.39, 0.29) is 18.2 Å². The van der Waals surface area contributed by atoms with Crippen molar-refractivity contribution in [3.8, 4) is 22.6 Å². The van der Waals surface area contributed by atoms with Gasteiger partial charge in [-0.3, -0.25) is 4.79 Å². The predicted octanol–water partition coefficient (Wildman–Crippen LogP) is 7.64. The zero-order valence-corrected chi connectivity index (χ0v) is 21.3. The van der Waals surface area contributed by atoms with Crippen molar-refractivity contribution in [2.75, 3.05) is 7.11 Å². The fraction of sp³-hybridized carbons (Fsp3) is 0.387. The summed E-state index contributed by atoms with van der Waals surface area (Å²) >= 11 is 0. The molecule has 0 unspecified atom stereocenters. The molecule has 1 fully saturated rings. The second-order valence-electron chi connectivity index (χ2n) is 10.3. The standard InChI is InChI=1S/C31H35FO4/c1-20(2)13-25-15-22(9-11-28(25)29-18-26(35-3)10-12-30(29)32)19-36-27-6-4-5-23(16-27)24(17-31(33)34)14-21-7-8-21/h4-6,9-12,15-16,18,20-21,24H,7-8,13-14,17,19H2,1-3H3,(H,33,34)/t24-/m1/s1. The van der Waals surface area contributed by atoms with E-state index >= 15 is 0 Å². The van der Waals surface area contributed by atoms with E-state index in [2.05, 4.69) is 19.9 Å². The van der Waals surface area contributed by atoms with Crippen molar-refractivity contribution in [3.05, 3.63) is 83.2 Å². The molecule has 36 heavy (non-hydrogen) atoms. The SMILES string of the molecule is COc1ccc(F)c(-c2ccc(COc3cccc([C@@H](CC(=O)O)CC4CC4)c3)cc2CC(C)C)c1. The predicted molar refractivity (Wildman–Crippen MR) is 140 cm³/mol. The van der Waals surface area contributed by atoms with Gasteiger partial charge in [-0.1, -0.05) is 57.0 Å². The van der Waals surface area contributed by atoms with Crippen LogP contribution < -0.4 is 9.47 Å². The Balaban J connectivity index is 1.54. The van der Waals surface area contributed by atoms with Gasteiger partial charge in [-0.25, -0.2) is 4.39 Å². The maximum absolute atomic E-state index is 14.7. The summed E-state index contributed by atoms with van der Waals surface area (Å²) in [7, 11) is 1.58. The number of aliphatic carboxylic acids is 1. The van der Waals surface area contributed by atoms with Crippen LogP contribution in [0, 0.1) is 17.7 Å². The first-order valence-electron chi connectivity index (χ1n) is 12.7. The quantitative estimate of drug-likeness (QED) is 0.283. The summed E-state index contributed by atoms with van der Waals surface area (Å²) in [5.41, 5.74) is 4.49. The Morgan fingerprint density at radius 2 is 1.83 bits per heavy atom. The summed E-state index contributed by atoms with van der Waals surface area (Å²) in [6.45, 7) is 4.67. The van der Waals surface area contributed by atoms with E-state index in [1.54, 1.807) is 19.2 Å². The van der Waals surface area contributed by atoms with Crippen molar-refractivity contribution in [2.45, 2.75) is 58.5 Å². The Morgan fingerprint density at radius 1 is 1.03 bits per heavy atom. The van der Waals surface area contributed by atoms with E-state index in [9.17, 15) is 14.3 Å². The minimum absolute atomic E-state index is 0.00763. The van der Waals surface area contributed by atoms with Crippen LogP contribution >= 0.6 is 0 Å². The Morgan fingerprint density at radius 3 is 2.53 bits per heavy atom.